The Kier molecular flexibility index (Phi) is 4.01. The third-order valence-electron chi connectivity index (χ3n) is 3.64. The lowest BCUT2D eigenvalue weighted by Crippen LogP contribution is -2.41. The zero-order valence-electron chi connectivity index (χ0n) is 11.2. The minimum atomic E-state index is 0.152. The average molecular weight is 252 g/mol. The highest BCUT2D eigenvalue weighted by Gasteiger charge is 2.24. The minimum absolute atomic E-state index is 0.152. The maximum atomic E-state index is 12.2. The number of hydrogen-bond donors (Lipinski definition) is 0. The highest BCUT2D eigenvalue weighted by molar-refractivity contribution is 5.79. The monoisotopic (exact) mass is 252 g/mol. The number of carbonyl (C=O) groups is 1. The summed E-state index contributed by atoms with van der Waals surface area (Å²) in [6, 6.07) is 0. The predicted molar refractivity (Wildman–Crippen MR) is 66.3 cm³/mol. The number of nitrogens with zero attached hydrogens (tertiary/aromatic N) is 2. The molecule has 5 heteroatoms. The number of rotatable bonds is 3. The second-order valence-electron chi connectivity index (χ2n) is 4.80. The molecular weight excluding hydrogens is 232 g/mol. The molecule has 1 aromatic rings. The van der Waals surface area contributed by atoms with Crippen LogP contribution < -0.4 is 0 Å². The summed E-state index contributed by atoms with van der Waals surface area (Å²) in [4.78, 5) is 14.1. The molecule has 1 amide bonds. The van der Waals surface area contributed by atoms with E-state index in [2.05, 4.69) is 5.16 Å². The van der Waals surface area contributed by atoms with Crippen molar-refractivity contribution in [3.63, 3.8) is 0 Å². The molecule has 18 heavy (non-hydrogen) atoms. The maximum Gasteiger partial charge on any atom is 0.227 e. The zero-order chi connectivity index (χ0) is 13.1. The van der Waals surface area contributed by atoms with E-state index in [4.69, 9.17) is 9.26 Å². The van der Waals surface area contributed by atoms with Crippen LogP contribution >= 0.6 is 0 Å². The first-order chi connectivity index (χ1) is 8.61. The number of methoxy groups -OCH3 is 1. The zero-order valence-corrected chi connectivity index (χ0v) is 11.2. The number of ether oxygens (including phenoxy) is 1. The normalized spacial score (nSPS) is 17.2. The second-order valence-corrected chi connectivity index (χ2v) is 4.80. The van der Waals surface area contributed by atoms with Gasteiger partial charge in [0.25, 0.3) is 0 Å². The first-order valence-corrected chi connectivity index (χ1v) is 6.34. The van der Waals surface area contributed by atoms with Crippen molar-refractivity contribution >= 4 is 5.91 Å². The fraction of sp³-hybridized carbons (Fsp3) is 0.692. The largest absolute Gasteiger partial charge is 0.381 e. The highest BCUT2D eigenvalue weighted by atomic mass is 16.5. The number of hydrogen-bond acceptors (Lipinski definition) is 4. The minimum Gasteiger partial charge on any atom is -0.381 e. The average Bonchev–Trinajstić information content (AvgIpc) is 2.70. The van der Waals surface area contributed by atoms with Gasteiger partial charge in [0, 0.05) is 25.8 Å². The van der Waals surface area contributed by atoms with E-state index < -0.39 is 0 Å². The SMILES string of the molecule is COC1CCN(C(=O)Cc2c(C)noc2C)CC1. The van der Waals surface area contributed by atoms with Gasteiger partial charge in [-0.2, -0.15) is 0 Å². The van der Waals surface area contributed by atoms with E-state index in [0.717, 1.165) is 42.9 Å². The molecule has 0 spiro atoms. The van der Waals surface area contributed by atoms with Gasteiger partial charge in [-0.15, -0.1) is 0 Å². The Morgan fingerprint density at radius 1 is 1.44 bits per heavy atom. The standard InChI is InChI=1S/C13H20N2O3/c1-9-12(10(2)18-14-9)8-13(16)15-6-4-11(17-3)5-7-15/h11H,4-8H2,1-3H3. The molecular formula is C13H20N2O3. The fourth-order valence-electron chi connectivity index (χ4n) is 2.36. The van der Waals surface area contributed by atoms with Crippen LogP contribution in [0.4, 0.5) is 0 Å². The Balaban J connectivity index is 1.93. The number of piperidine rings is 1. The molecule has 1 aliphatic heterocycles. The van der Waals surface area contributed by atoms with Crippen molar-refractivity contribution in [3.05, 3.63) is 17.0 Å². The van der Waals surface area contributed by atoms with Gasteiger partial charge in [-0.25, -0.2) is 0 Å². The van der Waals surface area contributed by atoms with Crippen molar-refractivity contribution in [2.75, 3.05) is 20.2 Å². The van der Waals surface area contributed by atoms with Crippen molar-refractivity contribution < 1.29 is 14.1 Å². The quantitative estimate of drug-likeness (QED) is 0.817. The van der Waals surface area contributed by atoms with Gasteiger partial charge in [0.2, 0.25) is 5.91 Å². The van der Waals surface area contributed by atoms with Crippen molar-refractivity contribution in [2.24, 2.45) is 0 Å². The summed E-state index contributed by atoms with van der Waals surface area (Å²) in [5.74, 6) is 0.895. The number of aromatic nitrogens is 1. The fourth-order valence-corrected chi connectivity index (χ4v) is 2.36. The summed E-state index contributed by atoms with van der Waals surface area (Å²) < 4.78 is 10.4. The lowest BCUT2D eigenvalue weighted by Gasteiger charge is -2.31. The van der Waals surface area contributed by atoms with Gasteiger partial charge in [-0.3, -0.25) is 4.79 Å². The van der Waals surface area contributed by atoms with E-state index in [9.17, 15) is 4.79 Å². The van der Waals surface area contributed by atoms with Gasteiger partial charge >= 0.3 is 0 Å². The van der Waals surface area contributed by atoms with Gasteiger partial charge in [-0.05, 0) is 26.7 Å². The first kappa shape index (κ1) is 13.1. The molecule has 0 radical (unpaired) electrons. The summed E-state index contributed by atoms with van der Waals surface area (Å²) in [6.07, 6.45) is 2.53. The molecule has 0 atom stereocenters. The number of aryl methyl sites for hydroxylation is 2. The topological polar surface area (TPSA) is 55.6 Å². The van der Waals surface area contributed by atoms with Crippen LogP contribution in [0.25, 0.3) is 0 Å². The van der Waals surface area contributed by atoms with E-state index in [1.165, 1.54) is 0 Å². The third-order valence-corrected chi connectivity index (χ3v) is 3.64. The van der Waals surface area contributed by atoms with Gasteiger partial charge < -0.3 is 14.2 Å². The van der Waals surface area contributed by atoms with E-state index in [1.54, 1.807) is 7.11 Å². The lowest BCUT2D eigenvalue weighted by molar-refractivity contribution is -0.132. The van der Waals surface area contributed by atoms with Crippen LogP contribution in [0.5, 0.6) is 0 Å². The Bertz CT molecular complexity index is 400. The molecule has 2 rings (SSSR count). The molecule has 0 aromatic carbocycles. The summed E-state index contributed by atoms with van der Waals surface area (Å²) in [5, 5.41) is 3.87. The van der Waals surface area contributed by atoms with E-state index >= 15 is 0 Å². The Morgan fingerprint density at radius 2 is 2.11 bits per heavy atom. The summed E-state index contributed by atoms with van der Waals surface area (Å²) in [7, 11) is 1.73. The summed E-state index contributed by atoms with van der Waals surface area (Å²) >= 11 is 0. The molecule has 0 bridgehead atoms. The molecule has 1 fully saturated rings. The van der Waals surface area contributed by atoms with Crippen LogP contribution in [0.1, 0.15) is 29.9 Å². The van der Waals surface area contributed by atoms with Gasteiger partial charge in [-0.1, -0.05) is 5.16 Å². The molecule has 0 saturated carbocycles. The van der Waals surface area contributed by atoms with Crippen molar-refractivity contribution in [1.29, 1.82) is 0 Å². The van der Waals surface area contributed by atoms with Crippen LogP contribution in [-0.2, 0) is 16.0 Å². The molecule has 5 nitrogen and oxygen atoms in total. The van der Waals surface area contributed by atoms with E-state index in [1.807, 2.05) is 18.7 Å². The van der Waals surface area contributed by atoms with Crippen molar-refractivity contribution in [1.82, 2.24) is 10.1 Å². The third kappa shape index (κ3) is 2.72. The van der Waals surface area contributed by atoms with Gasteiger partial charge in [0.1, 0.15) is 5.76 Å². The van der Waals surface area contributed by atoms with Crippen molar-refractivity contribution in [3.8, 4) is 0 Å². The smallest absolute Gasteiger partial charge is 0.227 e. The summed E-state index contributed by atoms with van der Waals surface area (Å²) in [6.45, 7) is 5.28. The van der Waals surface area contributed by atoms with Crippen molar-refractivity contribution in [2.45, 2.75) is 39.2 Å². The van der Waals surface area contributed by atoms with E-state index in [0.29, 0.717) is 12.5 Å². The lowest BCUT2D eigenvalue weighted by atomic mass is 10.1. The molecule has 1 aromatic heterocycles. The molecule has 0 unspecified atom stereocenters. The van der Waals surface area contributed by atoms with E-state index in [-0.39, 0.29) is 5.91 Å². The number of carbonyl (C=O) groups excluding carboxylic acids is 1. The Hall–Kier alpha value is -1.36. The number of likely N-dealkylation sites (tertiary alicyclic amines) is 1. The van der Waals surface area contributed by atoms with Crippen LogP contribution in [-0.4, -0.2) is 42.3 Å². The Labute approximate surface area is 107 Å². The molecule has 100 valence electrons. The molecule has 0 aliphatic carbocycles. The van der Waals surface area contributed by atoms with Crippen LogP contribution in [0.15, 0.2) is 4.52 Å². The summed E-state index contributed by atoms with van der Waals surface area (Å²) in [5.41, 5.74) is 1.74. The second kappa shape index (κ2) is 5.52. The van der Waals surface area contributed by atoms with Crippen LogP contribution in [0, 0.1) is 13.8 Å². The molecule has 1 saturated heterocycles. The molecule has 2 heterocycles. The molecule has 1 aliphatic rings. The number of amides is 1. The Morgan fingerprint density at radius 3 is 2.61 bits per heavy atom. The van der Waals surface area contributed by atoms with Gasteiger partial charge in [0.15, 0.2) is 0 Å². The first-order valence-electron chi connectivity index (χ1n) is 6.34. The van der Waals surface area contributed by atoms with Crippen LogP contribution in [0.3, 0.4) is 0 Å². The molecule has 0 N–H and O–H groups in total. The van der Waals surface area contributed by atoms with Gasteiger partial charge in [0.05, 0.1) is 18.2 Å². The highest BCUT2D eigenvalue weighted by Crippen LogP contribution is 2.17. The maximum absolute atomic E-state index is 12.2. The van der Waals surface area contributed by atoms with Crippen LogP contribution in [0.2, 0.25) is 0 Å². The predicted octanol–water partition coefficient (Wildman–Crippen LogP) is 1.47.